The first-order valence-electron chi connectivity index (χ1n) is 7.08. The predicted molar refractivity (Wildman–Crippen MR) is 82.6 cm³/mol. The van der Waals surface area contributed by atoms with Gasteiger partial charge in [-0.25, -0.2) is 0 Å². The number of ether oxygens (including phenoxy) is 1. The molecule has 108 valence electrons. The summed E-state index contributed by atoms with van der Waals surface area (Å²) in [6.45, 7) is 13.3. The van der Waals surface area contributed by atoms with E-state index in [2.05, 4.69) is 53.7 Å². The average Bonchev–Trinajstić information content (AvgIpc) is 2.30. The van der Waals surface area contributed by atoms with Gasteiger partial charge in [0.2, 0.25) is 0 Å². The molecule has 0 saturated heterocycles. The molecule has 1 aromatic rings. The fourth-order valence-electron chi connectivity index (χ4n) is 2.24. The van der Waals surface area contributed by atoms with E-state index in [9.17, 15) is 0 Å². The van der Waals surface area contributed by atoms with Crippen LogP contribution in [-0.4, -0.2) is 7.11 Å². The van der Waals surface area contributed by atoms with Gasteiger partial charge >= 0.3 is 0 Å². The summed E-state index contributed by atoms with van der Waals surface area (Å²) < 4.78 is 5.57. The van der Waals surface area contributed by atoms with Gasteiger partial charge in [-0.1, -0.05) is 39.8 Å². The summed E-state index contributed by atoms with van der Waals surface area (Å²) in [6, 6.07) is 4.28. The summed E-state index contributed by atoms with van der Waals surface area (Å²) in [6.07, 6.45) is 0.975. The first kappa shape index (κ1) is 16.0. The minimum absolute atomic E-state index is 0.0310. The van der Waals surface area contributed by atoms with Gasteiger partial charge in [-0.05, 0) is 42.7 Å². The van der Waals surface area contributed by atoms with Crippen LogP contribution in [0.4, 0.5) is 0 Å². The second-order valence-corrected chi connectivity index (χ2v) is 6.74. The molecule has 19 heavy (non-hydrogen) atoms. The van der Waals surface area contributed by atoms with E-state index in [4.69, 9.17) is 10.5 Å². The third kappa shape index (κ3) is 3.73. The van der Waals surface area contributed by atoms with Crippen LogP contribution in [-0.2, 0) is 0 Å². The van der Waals surface area contributed by atoms with Crippen molar-refractivity contribution in [2.24, 2.45) is 17.1 Å². The van der Waals surface area contributed by atoms with Crippen molar-refractivity contribution in [2.75, 3.05) is 7.11 Å². The number of methoxy groups -OCH3 is 1. The van der Waals surface area contributed by atoms with Gasteiger partial charge < -0.3 is 10.5 Å². The molecule has 0 aliphatic heterocycles. The van der Waals surface area contributed by atoms with Crippen LogP contribution < -0.4 is 10.5 Å². The van der Waals surface area contributed by atoms with Gasteiger partial charge in [-0.2, -0.15) is 0 Å². The summed E-state index contributed by atoms with van der Waals surface area (Å²) in [5.41, 5.74) is 10.3. The topological polar surface area (TPSA) is 35.2 Å². The predicted octanol–water partition coefficient (Wildman–Crippen LogP) is 4.38. The van der Waals surface area contributed by atoms with Crippen LogP contribution in [0, 0.1) is 25.2 Å². The van der Waals surface area contributed by atoms with E-state index >= 15 is 0 Å². The zero-order valence-corrected chi connectivity index (χ0v) is 13.5. The Morgan fingerprint density at radius 1 is 1.21 bits per heavy atom. The highest BCUT2D eigenvalue weighted by Gasteiger charge is 2.24. The van der Waals surface area contributed by atoms with Crippen molar-refractivity contribution < 1.29 is 4.74 Å². The van der Waals surface area contributed by atoms with Crippen LogP contribution in [0.5, 0.6) is 5.75 Å². The lowest BCUT2D eigenvalue weighted by Gasteiger charge is -2.30. The monoisotopic (exact) mass is 263 g/mol. The molecule has 0 spiro atoms. The lowest BCUT2D eigenvalue weighted by atomic mass is 9.77. The van der Waals surface area contributed by atoms with Crippen LogP contribution in [0.3, 0.4) is 0 Å². The molecule has 2 unspecified atom stereocenters. The summed E-state index contributed by atoms with van der Waals surface area (Å²) in [4.78, 5) is 0. The van der Waals surface area contributed by atoms with Crippen molar-refractivity contribution >= 4 is 0 Å². The van der Waals surface area contributed by atoms with E-state index in [1.165, 1.54) is 11.1 Å². The largest absolute Gasteiger partial charge is 0.496 e. The van der Waals surface area contributed by atoms with Gasteiger partial charge in [0.1, 0.15) is 5.75 Å². The Morgan fingerprint density at radius 3 is 2.26 bits per heavy atom. The van der Waals surface area contributed by atoms with Crippen LogP contribution in [0.15, 0.2) is 12.1 Å². The molecule has 0 aliphatic rings. The second-order valence-electron chi connectivity index (χ2n) is 6.74. The lowest BCUT2D eigenvalue weighted by Crippen LogP contribution is -2.23. The van der Waals surface area contributed by atoms with Crippen molar-refractivity contribution in [3.05, 3.63) is 28.8 Å². The molecule has 1 rings (SSSR count). The van der Waals surface area contributed by atoms with Crippen LogP contribution in [0.2, 0.25) is 0 Å². The smallest absolute Gasteiger partial charge is 0.126 e. The number of hydrogen-bond acceptors (Lipinski definition) is 2. The summed E-state index contributed by atoms with van der Waals surface area (Å²) in [7, 11) is 1.73. The molecule has 0 heterocycles. The van der Waals surface area contributed by atoms with E-state index in [0.29, 0.717) is 5.92 Å². The molecule has 0 aromatic heterocycles. The normalized spacial score (nSPS) is 15.2. The number of benzene rings is 1. The highest BCUT2D eigenvalue weighted by molar-refractivity contribution is 5.46. The molecule has 0 bridgehead atoms. The zero-order valence-electron chi connectivity index (χ0n) is 13.5. The first-order chi connectivity index (χ1) is 8.68. The van der Waals surface area contributed by atoms with Crippen molar-refractivity contribution in [1.29, 1.82) is 0 Å². The van der Waals surface area contributed by atoms with Gasteiger partial charge in [0.05, 0.1) is 7.11 Å². The standard InChI is InChI=1S/C17H29NO/c1-11-8-9-14(16(19-7)13(11)3)15(18)10-12(2)17(4,5)6/h8-9,12,15H,10,18H2,1-7H3. The maximum absolute atomic E-state index is 6.41. The van der Waals surface area contributed by atoms with E-state index < -0.39 is 0 Å². The Balaban J connectivity index is 3.00. The quantitative estimate of drug-likeness (QED) is 0.874. The molecular weight excluding hydrogens is 234 g/mol. The highest BCUT2D eigenvalue weighted by Crippen LogP contribution is 2.36. The molecule has 2 nitrogen and oxygen atoms in total. The Kier molecular flexibility index (Phi) is 5.03. The molecule has 1 aromatic carbocycles. The number of rotatable bonds is 4. The fourth-order valence-corrected chi connectivity index (χ4v) is 2.24. The summed E-state index contributed by atoms with van der Waals surface area (Å²) >= 11 is 0. The van der Waals surface area contributed by atoms with Gasteiger partial charge in [0.25, 0.3) is 0 Å². The Labute approximate surface area is 118 Å². The molecule has 2 N–H and O–H groups in total. The molecule has 0 saturated carbocycles. The average molecular weight is 263 g/mol. The van der Waals surface area contributed by atoms with E-state index in [1.54, 1.807) is 7.11 Å². The van der Waals surface area contributed by atoms with Crippen LogP contribution in [0.1, 0.15) is 56.8 Å². The molecule has 2 atom stereocenters. The van der Waals surface area contributed by atoms with Crippen molar-refractivity contribution in [1.82, 2.24) is 0 Å². The van der Waals surface area contributed by atoms with E-state index in [1.807, 2.05) is 0 Å². The van der Waals surface area contributed by atoms with Crippen molar-refractivity contribution in [2.45, 2.75) is 54.0 Å². The SMILES string of the molecule is COc1c(C(N)CC(C)C(C)(C)C)ccc(C)c1C. The Bertz CT molecular complexity index is 432. The van der Waals surface area contributed by atoms with Crippen molar-refractivity contribution in [3.8, 4) is 5.75 Å². The first-order valence-corrected chi connectivity index (χ1v) is 7.08. The van der Waals surface area contributed by atoms with Crippen LogP contribution >= 0.6 is 0 Å². The van der Waals surface area contributed by atoms with Gasteiger partial charge in [-0.15, -0.1) is 0 Å². The third-order valence-electron chi connectivity index (χ3n) is 4.40. The molecule has 0 radical (unpaired) electrons. The minimum Gasteiger partial charge on any atom is -0.496 e. The number of nitrogens with two attached hydrogens (primary N) is 1. The van der Waals surface area contributed by atoms with Gasteiger partial charge in [0.15, 0.2) is 0 Å². The highest BCUT2D eigenvalue weighted by atomic mass is 16.5. The number of aryl methyl sites for hydroxylation is 1. The summed E-state index contributed by atoms with van der Waals surface area (Å²) in [5.74, 6) is 1.52. The maximum Gasteiger partial charge on any atom is 0.126 e. The molecule has 2 heteroatoms. The Hall–Kier alpha value is -1.02. The molecule has 0 amide bonds. The van der Waals surface area contributed by atoms with Crippen LogP contribution in [0.25, 0.3) is 0 Å². The molecular formula is C17H29NO. The van der Waals surface area contributed by atoms with E-state index in [-0.39, 0.29) is 11.5 Å². The maximum atomic E-state index is 6.41. The minimum atomic E-state index is 0.0310. The fraction of sp³-hybridized carbons (Fsp3) is 0.647. The van der Waals surface area contributed by atoms with E-state index in [0.717, 1.165) is 17.7 Å². The summed E-state index contributed by atoms with van der Waals surface area (Å²) in [5, 5.41) is 0. The third-order valence-corrected chi connectivity index (χ3v) is 4.40. The van der Waals surface area contributed by atoms with Crippen molar-refractivity contribution in [3.63, 3.8) is 0 Å². The van der Waals surface area contributed by atoms with Gasteiger partial charge in [0, 0.05) is 11.6 Å². The Morgan fingerprint density at radius 2 is 1.79 bits per heavy atom. The number of hydrogen-bond donors (Lipinski definition) is 1. The molecule has 0 aliphatic carbocycles. The van der Waals surface area contributed by atoms with Gasteiger partial charge in [-0.3, -0.25) is 0 Å². The molecule has 0 fully saturated rings. The lowest BCUT2D eigenvalue weighted by molar-refractivity contribution is 0.232. The second kappa shape index (κ2) is 5.96. The zero-order chi connectivity index (χ0) is 14.8.